The van der Waals surface area contributed by atoms with E-state index in [1.54, 1.807) is 0 Å². The summed E-state index contributed by atoms with van der Waals surface area (Å²) in [5.74, 6) is 0.0362. The zero-order valence-corrected chi connectivity index (χ0v) is 31.8. The Morgan fingerprint density at radius 2 is 0.741 bits per heavy atom. The molecule has 2 aromatic carbocycles. The van der Waals surface area contributed by atoms with Gasteiger partial charge in [-0.1, -0.05) is 48.5 Å². The van der Waals surface area contributed by atoms with E-state index in [0.717, 1.165) is 0 Å². The van der Waals surface area contributed by atoms with Gasteiger partial charge in [0.1, 0.15) is 6.61 Å². The SMILES string of the molecule is NCCOCCOCCOCCOCCOCCOCCOCCOCCOCCOCCOCCNC(=O)OCC1c2ccccc2-c2ccccc21. The van der Waals surface area contributed by atoms with Crippen molar-refractivity contribution in [3.05, 3.63) is 59.7 Å². The fraction of sp³-hybridized carbons (Fsp3) is 0.667. The molecule has 1 amide bonds. The first-order chi connectivity index (χ1) is 26.8. The van der Waals surface area contributed by atoms with Gasteiger partial charge in [-0.05, 0) is 22.3 Å². The largest absolute Gasteiger partial charge is 0.449 e. The fourth-order valence-corrected chi connectivity index (χ4v) is 5.26. The first-order valence-electron chi connectivity index (χ1n) is 18.9. The predicted octanol–water partition coefficient (Wildman–Crippen LogP) is 2.67. The number of carbonyl (C=O) groups excluding carboxylic acids is 1. The predicted molar refractivity (Wildman–Crippen MR) is 201 cm³/mol. The van der Waals surface area contributed by atoms with Crippen molar-refractivity contribution in [2.75, 3.05) is 165 Å². The van der Waals surface area contributed by atoms with Gasteiger partial charge in [-0.2, -0.15) is 0 Å². The molecule has 54 heavy (non-hydrogen) atoms. The van der Waals surface area contributed by atoms with Crippen molar-refractivity contribution in [2.24, 2.45) is 5.73 Å². The molecule has 0 heterocycles. The summed E-state index contributed by atoms with van der Waals surface area (Å²) in [5.41, 5.74) is 10.1. The van der Waals surface area contributed by atoms with Crippen molar-refractivity contribution in [3.63, 3.8) is 0 Å². The number of hydrogen-bond donors (Lipinski definition) is 2. The van der Waals surface area contributed by atoms with Crippen molar-refractivity contribution in [3.8, 4) is 11.1 Å². The third-order valence-electron chi connectivity index (χ3n) is 7.84. The highest BCUT2D eigenvalue weighted by molar-refractivity contribution is 5.79. The number of benzene rings is 2. The highest BCUT2D eigenvalue weighted by atomic mass is 16.6. The molecule has 0 saturated heterocycles. The topological polar surface area (TPSA) is 166 Å². The van der Waals surface area contributed by atoms with Crippen molar-refractivity contribution in [1.82, 2.24) is 5.32 Å². The second-order valence-corrected chi connectivity index (χ2v) is 11.8. The van der Waals surface area contributed by atoms with E-state index in [4.69, 9.17) is 62.6 Å². The van der Waals surface area contributed by atoms with Gasteiger partial charge < -0.3 is 67.9 Å². The van der Waals surface area contributed by atoms with Crippen LogP contribution in [0.25, 0.3) is 11.1 Å². The number of amides is 1. The lowest BCUT2D eigenvalue weighted by atomic mass is 9.98. The Morgan fingerprint density at radius 3 is 1.07 bits per heavy atom. The molecule has 0 bridgehead atoms. The van der Waals surface area contributed by atoms with E-state index in [9.17, 15) is 4.79 Å². The summed E-state index contributed by atoms with van der Waals surface area (Å²) in [6.07, 6.45) is -0.453. The quantitative estimate of drug-likeness (QED) is 0.0965. The molecular formula is C39H62N2O13. The molecule has 3 N–H and O–H groups in total. The third kappa shape index (κ3) is 21.4. The Kier molecular flexibility index (Phi) is 27.4. The number of alkyl carbamates (subject to hydrolysis) is 1. The molecule has 0 radical (unpaired) electrons. The van der Waals surface area contributed by atoms with Crippen molar-refractivity contribution < 1.29 is 61.6 Å². The maximum Gasteiger partial charge on any atom is 0.407 e. The van der Waals surface area contributed by atoms with Gasteiger partial charge in [-0.25, -0.2) is 4.79 Å². The molecule has 2 aromatic rings. The second-order valence-electron chi connectivity index (χ2n) is 11.8. The maximum atomic E-state index is 12.2. The van der Waals surface area contributed by atoms with Gasteiger partial charge in [-0.15, -0.1) is 0 Å². The molecule has 3 rings (SSSR count). The first kappa shape index (κ1) is 45.6. The van der Waals surface area contributed by atoms with Crippen LogP contribution < -0.4 is 11.1 Å². The summed E-state index contributed by atoms with van der Waals surface area (Å²) in [4.78, 5) is 12.2. The van der Waals surface area contributed by atoms with Gasteiger partial charge in [-0.3, -0.25) is 0 Å². The summed E-state index contributed by atoms with van der Waals surface area (Å²) in [7, 11) is 0. The lowest BCUT2D eigenvalue weighted by Gasteiger charge is -2.14. The normalized spacial score (nSPS) is 12.2. The van der Waals surface area contributed by atoms with Crippen LogP contribution in [0.1, 0.15) is 17.0 Å². The Balaban J connectivity index is 0.947. The minimum absolute atomic E-state index is 0.0362. The van der Waals surface area contributed by atoms with Gasteiger partial charge in [0.2, 0.25) is 0 Å². The molecular weight excluding hydrogens is 704 g/mol. The number of hydrogen-bond acceptors (Lipinski definition) is 14. The summed E-state index contributed by atoms with van der Waals surface area (Å²) in [6.45, 7) is 12.0. The monoisotopic (exact) mass is 766 g/mol. The highest BCUT2D eigenvalue weighted by Gasteiger charge is 2.28. The van der Waals surface area contributed by atoms with Crippen LogP contribution in [0.2, 0.25) is 0 Å². The van der Waals surface area contributed by atoms with Crippen LogP contribution in [-0.2, 0) is 56.8 Å². The molecule has 0 unspecified atom stereocenters. The van der Waals surface area contributed by atoms with Gasteiger partial charge in [0.25, 0.3) is 0 Å². The Morgan fingerprint density at radius 1 is 0.444 bits per heavy atom. The lowest BCUT2D eigenvalue weighted by molar-refractivity contribution is -0.0274. The summed E-state index contributed by atoms with van der Waals surface area (Å²) >= 11 is 0. The maximum absolute atomic E-state index is 12.2. The van der Waals surface area contributed by atoms with E-state index in [-0.39, 0.29) is 12.5 Å². The van der Waals surface area contributed by atoms with Crippen LogP contribution in [-0.4, -0.2) is 171 Å². The minimum Gasteiger partial charge on any atom is -0.449 e. The van der Waals surface area contributed by atoms with E-state index in [0.29, 0.717) is 158 Å². The average Bonchev–Trinajstić information content (AvgIpc) is 3.52. The molecule has 15 nitrogen and oxygen atoms in total. The molecule has 0 atom stereocenters. The fourth-order valence-electron chi connectivity index (χ4n) is 5.26. The van der Waals surface area contributed by atoms with Crippen molar-refractivity contribution >= 4 is 6.09 Å². The standard InChI is InChI=1S/C39H62N2O13/c40-9-11-43-13-15-45-17-19-47-21-23-49-25-27-51-29-31-53-32-30-52-28-26-50-24-22-48-20-18-46-16-14-44-12-10-41-39(42)54-33-38-36-7-3-1-5-34(36)35-6-2-4-8-37(35)38/h1-8,38H,9-33,40H2,(H,41,42). The molecule has 306 valence electrons. The Bertz CT molecular complexity index is 1150. The molecule has 1 aliphatic rings. The van der Waals surface area contributed by atoms with E-state index < -0.39 is 6.09 Å². The average molecular weight is 767 g/mol. The van der Waals surface area contributed by atoms with Crippen LogP contribution in [0.3, 0.4) is 0 Å². The number of rotatable bonds is 37. The molecule has 0 fully saturated rings. The Hall–Kier alpha value is -2.77. The van der Waals surface area contributed by atoms with Crippen molar-refractivity contribution in [2.45, 2.75) is 5.92 Å². The number of ether oxygens (including phenoxy) is 12. The van der Waals surface area contributed by atoms with Gasteiger partial charge in [0.05, 0.1) is 145 Å². The minimum atomic E-state index is -0.453. The third-order valence-corrected chi connectivity index (χ3v) is 7.84. The van der Waals surface area contributed by atoms with Crippen molar-refractivity contribution in [1.29, 1.82) is 0 Å². The van der Waals surface area contributed by atoms with Crippen LogP contribution in [0.5, 0.6) is 0 Å². The summed E-state index contributed by atoms with van der Waals surface area (Å²) in [6, 6.07) is 16.5. The van der Waals surface area contributed by atoms with E-state index in [1.807, 2.05) is 24.3 Å². The van der Waals surface area contributed by atoms with Crippen LogP contribution in [0.4, 0.5) is 4.79 Å². The van der Waals surface area contributed by atoms with E-state index in [2.05, 4.69) is 29.6 Å². The van der Waals surface area contributed by atoms with E-state index in [1.165, 1.54) is 22.3 Å². The molecule has 0 spiro atoms. The first-order valence-corrected chi connectivity index (χ1v) is 18.9. The van der Waals surface area contributed by atoms with Crippen LogP contribution in [0.15, 0.2) is 48.5 Å². The lowest BCUT2D eigenvalue weighted by Crippen LogP contribution is -2.29. The number of fused-ring (bicyclic) bond motifs is 3. The Labute approximate surface area is 320 Å². The molecule has 0 aliphatic heterocycles. The second kappa shape index (κ2) is 32.5. The number of nitrogens with one attached hydrogen (secondary N) is 1. The van der Waals surface area contributed by atoms with Gasteiger partial charge in [0, 0.05) is 19.0 Å². The van der Waals surface area contributed by atoms with Crippen LogP contribution >= 0.6 is 0 Å². The number of carbonyl (C=O) groups is 1. The van der Waals surface area contributed by atoms with E-state index >= 15 is 0 Å². The molecule has 1 aliphatic carbocycles. The van der Waals surface area contributed by atoms with Crippen LogP contribution in [0, 0.1) is 0 Å². The summed E-state index contributed by atoms with van der Waals surface area (Å²) in [5, 5.41) is 2.74. The zero-order valence-electron chi connectivity index (χ0n) is 31.8. The zero-order chi connectivity index (χ0) is 38.0. The summed E-state index contributed by atoms with van der Waals surface area (Å²) < 4.78 is 65.5. The number of nitrogens with two attached hydrogens (primary N) is 1. The highest BCUT2D eigenvalue weighted by Crippen LogP contribution is 2.44. The molecule has 15 heteroatoms. The molecule has 0 saturated carbocycles. The molecule has 0 aromatic heterocycles. The van der Waals surface area contributed by atoms with Gasteiger partial charge >= 0.3 is 6.09 Å². The smallest absolute Gasteiger partial charge is 0.407 e. The van der Waals surface area contributed by atoms with Gasteiger partial charge in [0.15, 0.2) is 0 Å².